The monoisotopic (exact) mass is 259 g/mol. The Labute approximate surface area is 112 Å². The van der Waals surface area contributed by atoms with Crippen molar-refractivity contribution in [3.05, 3.63) is 60.9 Å². The molecule has 0 bridgehead atoms. The molecular weight excluding hydrogens is 242 g/mol. The van der Waals surface area contributed by atoms with Crippen molar-refractivity contribution in [3.63, 3.8) is 0 Å². The minimum absolute atomic E-state index is 0.856. The lowest BCUT2D eigenvalue weighted by molar-refractivity contribution is 0.321. The standard InChI is InChI=1S/C14H17N3S/c1-3-8-16(9-4-2)12-13-6-5-10-17(13)14-15-7-11-18-14/h3-7,10-11H,1-2,8-9,12H2. The third kappa shape index (κ3) is 2.97. The molecule has 18 heavy (non-hydrogen) atoms. The second-order valence-corrected chi connectivity index (χ2v) is 4.83. The zero-order chi connectivity index (χ0) is 12.8. The van der Waals surface area contributed by atoms with Crippen LogP contribution in [0.3, 0.4) is 0 Å². The molecule has 0 aromatic carbocycles. The first-order valence-electron chi connectivity index (χ1n) is 5.85. The molecule has 3 nitrogen and oxygen atoms in total. The van der Waals surface area contributed by atoms with Gasteiger partial charge in [-0.25, -0.2) is 4.98 Å². The molecule has 0 aliphatic heterocycles. The van der Waals surface area contributed by atoms with Gasteiger partial charge in [0.25, 0.3) is 0 Å². The maximum Gasteiger partial charge on any atom is 0.193 e. The molecule has 2 heterocycles. The molecule has 0 aliphatic rings. The maximum atomic E-state index is 4.34. The molecule has 4 heteroatoms. The first-order valence-corrected chi connectivity index (χ1v) is 6.73. The topological polar surface area (TPSA) is 21.1 Å². The van der Waals surface area contributed by atoms with E-state index in [4.69, 9.17) is 0 Å². The molecule has 0 spiro atoms. The van der Waals surface area contributed by atoms with Crippen molar-refractivity contribution in [1.29, 1.82) is 0 Å². The zero-order valence-electron chi connectivity index (χ0n) is 10.3. The summed E-state index contributed by atoms with van der Waals surface area (Å²) in [6, 6.07) is 4.18. The lowest BCUT2D eigenvalue weighted by atomic mass is 10.3. The maximum absolute atomic E-state index is 4.34. The molecule has 0 aliphatic carbocycles. The molecule has 0 unspecified atom stereocenters. The van der Waals surface area contributed by atoms with Gasteiger partial charge in [-0.3, -0.25) is 9.47 Å². The fourth-order valence-electron chi connectivity index (χ4n) is 1.86. The molecule has 0 amide bonds. The average Bonchev–Trinajstić information content (AvgIpc) is 2.99. The van der Waals surface area contributed by atoms with Gasteiger partial charge in [-0.15, -0.1) is 24.5 Å². The Morgan fingerprint density at radius 1 is 1.33 bits per heavy atom. The Balaban J connectivity index is 2.16. The van der Waals surface area contributed by atoms with Crippen LogP contribution in [0, 0.1) is 0 Å². The van der Waals surface area contributed by atoms with Crippen LogP contribution in [-0.4, -0.2) is 27.5 Å². The van der Waals surface area contributed by atoms with Gasteiger partial charge >= 0.3 is 0 Å². The van der Waals surface area contributed by atoms with Crippen molar-refractivity contribution in [2.45, 2.75) is 6.54 Å². The van der Waals surface area contributed by atoms with Crippen molar-refractivity contribution < 1.29 is 0 Å². The van der Waals surface area contributed by atoms with E-state index < -0.39 is 0 Å². The summed E-state index contributed by atoms with van der Waals surface area (Å²) >= 11 is 1.64. The Morgan fingerprint density at radius 3 is 2.72 bits per heavy atom. The lowest BCUT2D eigenvalue weighted by Gasteiger charge is -2.19. The summed E-state index contributed by atoms with van der Waals surface area (Å²) in [7, 11) is 0. The summed E-state index contributed by atoms with van der Waals surface area (Å²) in [5, 5.41) is 3.00. The largest absolute Gasteiger partial charge is 0.296 e. The second kappa shape index (κ2) is 6.33. The van der Waals surface area contributed by atoms with E-state index in [1.165, 1.54) is 5.69 Å². The summed E-state index contributed by atoms with van der Waals surface area (Å²) in [6.45, 7) is 10.2. The highest BCUT2D eigenvalue weighted by molar-refractivity contribution is 7.12. The predicted octanol–water partition coefficient (Wildman–Crippen LogP) is 3.11. The van der Waals surface area contributed by atoms with Crippen LogP contribution in [0.15, 0.2) is 55.2 Å². The molecule has 0 radical (unpaired) electrons. The van der Waals surface area contributed by atoms with Crippen LogP contribution in [0.1, 0.15) is 5.69 Å². The smallest absolute Gasteiger partial charge is 0.193 e. The van der Waals surface area contributed by atoms with Gasteiger partial charge in [-0.05, 0) is 12.1 Å². The molecule has 0 fully saturated rings. The van der Waals surface area contributed by atoms with E-state index in [0.717, 1.165) is 24.8 Å². The highest BCUT2D eigenvalue weighted by Gasteiger charge is 2.08. The van der Waals surface area contributed by atoms with Crippen LogP contribution >= 0.6 is 11.3 Å². The summed E-state index contributed by atoms with van der Waals surface area (Å²) in [4.78, 5) is 6.62. The minimum Gasteiger partial charge on any atom is -0.296 e. The Hall–Kier alpha value is -1.65. The van der Waals surface area contributed by atoms with E-state index in [1.807, 2.05) is 29.9 Å². The summed E-state index contributed by atoms with van der Waals surface area (Å²) in [5.74, 6) is 0. The fraction of sp³-hybridized carbons (Fsp3) is 0.214. The number of thiazole rings is 1. The van der Waals surface area contributed by atoms with Crippen LogP contribution in [0.25, 0.3) is 5.13 Å². The van der Waals surface area contributed by atoms with E-state index in [1.54, 1.807) is 11.3 Å². The van der Waals surface area contributed by atoms with Gasteiger partial charge in [0.15, 0.2) is 5.13 Å². The molecular formula is C14H17N3S. The zero-order valence-corrected chi connectivity index (χ0v) is 11.1. The summed E-state index contributed by atoms with van der Waals surface area (Å²) in [5.41, 5.74) is 1.23. The van der Waals surface area contributed by atoms with Gasteiger partial charge in [0, 0.05) is 43.1 Å². The van der Waals surface area contributed by atoms with Gasteiger partial charge in [-0.1, -0.05) is 12.2 Å². The van der Waals surface area contributed by atoms with E-state index in [9.17, 15) is 0 Å². The first-order chi connectivity index (χ1) is 8.85. The van der Waals surface area contributed by atoms with E-state index in [0.29, 0.717) is 0 Å². The number of rotatable bonds is 7. The van der Waals surface area contributed by atoms with Gasteiger partial charge in [-0.2, -0.15) is 0 Å². The van der Waals surface area contributed by atoms with E-state index in [-0.39, 0.29) is 0 Å². The van der Waals surface area contributed by atoms with Crippen molar-refractivity contribution >= 4 is 11.3 Å². The Kier molecular flexibility index (Phi) is 4.50. The molecule has 94 valence electrons. The average molecular weight is 259 g/mol. The van der Waals surface area contributed by atoms with Gasteiger partial charge < -0.3 is 0 Å². The van der Waals surface area contributed by atoms with E-state index in [2.05, 4.69) is 39.7 Å². The highest BCUT2D eigenvalue weighted by Crippen LogP contribution is 2.16. The molecule has 2 aromatic heterocycles. The SMILES string of the molecule is C=CCN(CC=C)Cc1cccn1-c1nccs1. The molecule has 0 N–H and O–H groups in total. The van der Waals surface area contributed by atoms with Crippen molar-refractivity contribution in [2.75, 3.05) is 13.1 Å². The van der Waals surface area contributed by atoms with Gasteiger partial charge in [0.1, 0.15) is 0 Å². The normalized spacial score (nSPS) is 10.7. The number of hydrogen-bond acceptors (Lipinski definition) is 3. The van der Waals surface area contributed by atoms with E-state index >= 15 is 0 Å². The lowest BCUT2D eigenvalue weighted by Crippen LogP contribution is -2.24. The second-order valence-electron chi connectivity index (χ2n) is 3.96. The molecule has 0 saturated carbocycles. The van der Waals surface area contributed by atoms with Crippen LogP contribution in [-0.2, 0) is 6.54 Å². The number of nitrogens with zero attached hydrogens (tertiary/aromatic N) is 3. The van der Waals surface area contributed by atoms with Crippen molar-refractivity contribution in [2.24, 2.45) is 0 Å². The summed E-state index contributed by atoms with van der Waals surface area (Å²) in [6.07, 6.45) is 7.71. The predicted molar refractivity (Wildman–Crippen MR) is 77.1 cm³/mol. The fourth-order valence-corrected chi connectivity index (χ4v) is 2.52. The minimum atomic E-state index is 0.856. The molecule has 2 rings (SSSR count). The summed E-state index contributed by atoms with van der Waals surface area (Å²) < 4.78 is 2.13. The number of hydrogen-bond donors (Lipinski definition) is 0. The van der Waals surface area contributed by atoms with Crippen LogP contribution in [0.4, 0.5) is 0 Å². The van der Waals surface area contributed by atoms with Crippen molar-refractivity contribution in [1.82, 2.24) is 14.5 Å². The molecule has 0 saturated heterocycles. The Morgan fingerprint density at radius 2 is 2.11 bits per heavy atom. The highest BCUT2D eigenvalue weighted by atomic mass is 32.1. The van der Waals surface area contributed by atoms with Crippen LogP contribution < -0.4 is 0 Å². The third-order valence-corrected chi connectivity index (χ3v) is 3.39. The van der Waals surface area contributed by atoms with Crippen LogP contribution in [0.5, 0.6) is 0 Å². The van der Waals surface area contributed by atoms with Gasteiger partial charge in [0.2, 0.25) is 0 Å². The Bertz CT molecular complexity index is 489. The van der Waals surface area contributed by atoms with Gasteiger partial charge in [0.05, 0.1) is 0 Å². The molecule has 0 atom stereocenters. The van der Waals surface area contributed by atoms with Crippen LogP contribution in [0.2, 0.25) is 0 Å². The first kappa shape index (κ1) is 12.8. The quantitative estimate of drug-likeness (QED) is 0.712. The number of aromatic nitrogens is 2. The molecule has 2 aromatic rings. The van der Waals surface area contributed by atoms with Crippen molar-refractivity contribution in [3.8, 4) is 5.13 Å². The third-order valence-electron chi connectivity index (χ3n) is 2.62.